The zero-order valence-electron chi connectivity index (χ0n) is 27.3. The number of fused-ring (bicyclic) bond motifs is 1. The SMILES string of the molecule is CCOC(=O)c1c([C@@H]2CCCN2C(=O)OC(C)(C)C)nc(CCc2ccc(F)cc2)c(-c2noc(=O)[nH]2)c1C1Cc2ccnc(Cl)c2C1. The minimum Gasteiger partial charge on any atom is -0.462 e. The van der Waals surface area contributed by atoms with Crippen molar-refractivity contribution in [3.63, 3.8) is 0 Å². The number of benzene rings is 1. The van der Waals surface area contributed by atoms with E-state index in [4.69, 9.17) is 30.6 Å². The van der Waals surface area contributed by atoms with Crippen molar-refractivity contribution in [2.45, 2.75) is 83.8 Å². The average molecular weight is 678 g/mol. The van der Waals surface area contributed by atoms with Gasteiger partial charge in [-0.2, -0.15) is 0 Å². The van der Waals surface area contributed by atoms with Crippen LogP contribution in [0.1, 0.15) is 96.5 Å². The lowest BCUT2D eigenvalue weighted by molar-refractivity contribution is 0.0217. The van der Waals surface area contributed by atoms with Gasteiger partial charge in [-0.3, -0.25) is 19.4 Å². The van der Waals surface area contributed by atoms with Crippen LogP contribution in [0.4, 0.5) is 9.18 Å². The lowest BCUT2D eigenvalue weighted by Crippen LogP contribution is -2.37. The first-order valence-corrected chi connectivity index (χ1v) is 16.5. The Hall–Kier alpha value is -4.58. The summed E-state index contributed by atoms with van der Waals surface area (Å²) in [5.41, 5.74) is 4.10. The largest absolute Gasteiger partial charge is 0.462 e. The van der Waals surface area contributed by atoms with Gasteiger partial charge in [-0.05, 0) is 113 Å². The van der Waals surface area contributed by atoms with E-state index in [2.05, 4.69) is 15.1 Å². The second kappa shape index (κ2) is 13.5. The lowest BCUT2D eigenvalue weighted by atomic mass is 9.83. The predicted octanol–water partition coefficient (Wildman–Crippen LogP) is 6.53. The van der Waals surface area contributed by atoms with Crippen molar-refractivity contribution in [2.24, 2.45) is 0 Å². The summed E-state index contributed by atoms with van der Waals surface area (Å²) in [5.74, 6) is -1.93. The number of hydrogen-bond acceptors (Lipinski definition) is 9. The number of aryl methyl sites for hydroxylation is 2. The summed E-state index contributed by atoms with van der Waals surface area (Å²) in [4.78, 5) is 53.8. The summed E-state index contributed by atoms with van der Waals surface area (Å²) in [6, 6.07) is 7.50. The summed E-state index contributed by atoms with van der Waals surface area (Å²) < 4.78 is 30.2. The molecule has 0 radical (unpaired) electrons. The van der Waals surface area contributed by atoms with Gasteiger partial charge in [-0.25, -0.2) is 23.8 Å². The number of ether oxygens (including phenoxy) is 2. The number of nitrogens with one attached hydrogen (secondary N) is 1. The lowest BCUT2D eigenvalue weighted by Gasteiger charge is -2.31. The van der Waals surface area contributed by atoms with Crippen molar-refractivity contribution in [1.82, 2.24) is 25.0 Å². The number of H-pyrrole nitrogens is 1. The number of carbonyl (C=O) groups excluding carboxylic acids is 2. The Kier molecular flexibility index (Phi) is 9.37. The minimum atomic E-state index is -0.768. The van der Waals surface area contributed by atoms with Gasteiger partial charge < -0.3 is 9.47 Å². The van der Waals surface area contributed by atoms with Gasteiger partial charge in [0.15, 0.2) is 5.82 Å². The molecule has 2 aliphatic rings. The van der Waals surface area contributed by atoms with E-state index in [0.717, 1.165) is 16.7 Å². The molecule has 1 aliphatic heterocycles. The molecule has 1 aliphatic carbocycles. The highest BCUT2D eigenvalue weighted by molar-refractivity contribution is 6.30. The Balaban J connectivity index is 1.60. The number of pyridine rings is 2. The summed E-state index contributed by atoms with van der Waals surface area (Å²) in [6.45, 7) is 7.64. The molecule has 0 spiro atoms. The Morgan fingerprint density at radius 2 is 1.92 bits per heavy atom. The molecule has 1 N–H and O–H groups in total. The van der Waals surface area contributed by atoms with Gasteiger partial charge in [0.1, 0.15) is 16.6 Å². The summed E-state index contributed by atoms with van der Waals surface area (Å²) in [6.07, 6.45) is 4.10. The van der Waals surface area contributed by atoms with Gasteiger partial charge in [-0.1, -0.05) is 28.9 Å². The van der Waals surface area contributed by atoms with Crippen LogP contribution in [0.25, 0.3) is 11.4 Å². The van der Waals surface area contributed by atoms with Crippen molar-refractivity contribution >= 4 is 23.7 Å². The first-order valence-electron chi connectivity index (χ1n) is 16.1. The summed E-state index contributed by atoms with van der Waals surface area (Å²) >= 11 is 6.56. The number of esters is 1. The average Bonchev–Trinajstić information content (AvgIpc) is 3.79. The second-order valence-corrected chi connectivity index (χ2v) is 13.4. The van der Waals surface area contributed by atoms with E-state index in [9.17, 15) is 18.8 Å². The Labute approximate surface area is 281 Å². The first-order chi connectivity index (χ1) is 22.9. The van der Waals surface area contributed by atoms with Crippen LogP contribution in [0.15, 0.2) is 45.8 Å². The number of amides is 1. The molecule has 4 aromatic rings. The Bertz CT molecular complexity index is 1900. The van der Waals surface area contributed by atoms with Crippen LogP contribution in [0.2, 0.25) is 5.15 Å². The van der Waals surface area contributed by atoms with E-state index in [1.54, 1.807) is 50.9 Å². The maximum Gasteiger partial charge on any atom is 0.439 e. The predicted molar refractivity (Wildman–Crippen MR) is 174 cm³/mol. The highest BCUT2D eigenvalue weighted by Gasteiger charge is 2.41. The molecule has 3 aromatic heterocycles. The van der Waals surface area contributed by atoms with Gasteiger partial charge in [0.05, 0.1) is 29.6 Å². The zero-order chi connectivity index (χ0) is 34.2. The van der Waals surface area contributed by atoms with E-state index < -0.39 is 29.5 Å². The maximum atomic E-state index is 14.2. The third kappa shape index (κ3) is 6.85. The number of hydrogen-bond donors (Lipinski definition) is 1. The maximum absolute atomic E-state index is 14.2. The number of rotatable bonds is 8. The van der Waals surface area contributed by atoms with E-state index in [0.29, 0.717) is 72.7 Å². The highest BCUT2D eigenvalue weighted by atomic mass is 35.5. The Morgan fingerprint density at radius 3 is 2.58 bits per heavy atom. The monoisotopic (exact) mass is 677 g/mol. The molecule has 1 unspecified atom stereocenters. The van der Waals surface area contributed by atoms with Gasteiger partial charge in [-0.15, -0.1) is 0 Å². The molecule has 0 bridgehead atoms. The van der Waals surface area contributed by atoms with Crippen LogP contribution in [0.3, 0.4) is 0 Å². The van der Waals surface area contributed by atoms with E-state index in [-0.39, 0.29) is 29.7 Å². The molecule has 1 saturated heterocycles. The number of aromatic nitrogens is 4. The smallest absolute Gasteiger partial charge is 0.439 e. The normalized spacial score (nSPS) is 17.4. The fraction of sp³-hybridized carbons (Fsp3) is 0.429. The fourth-order valence-corrected chi connectivity index (χ4v) is 6.98. The topological polar surface area (TPSA) is 141 Å². The number of aromatic amines is 1. The second-order valence-electron chi connectivity index (χ2n) is 13.1. The molecule has 2 atom stereocenters. The molecule has 6 rings (SSSR count). The molecular formula is C35H37ClFN5O6. The van der Waals surface area contributed by atoms with Crippen LogP contribution in [0.5, 0.6) is 0 Å². The molecular weight excluding hydrogens is 641 g/mol. The van der Waals surface area contributed by atoms with E-state index in [1.807, 2.05) is 6.07 Å². The quantitative estimate of drug-likeness (QED) is 0.163. The number of likely N-dealkylation sites (tertiary alicyclic amines) is 1. The van der Waals surface area contributed by atoms with Crippen molar-refractivity contribution < 1.29 is 28.0 Å². The Morgan fingerprint density at radius 1 is 1.15 bits per heavy atom. The molecule has 4 heterocycles. The third-order valence-electron chi connectivity index (χ3n) is 8.68. The molecule has 13 heteroatoms. The number of carbonyl (C=O) groups is 2. The van der Waals surface area contributed by atoms with Crippen LogP contribution in [-0.2, 0) is 35.2 Å². The number of nitrogens with zero attached hydrogens (tertiary/aromatic N) is 4. The third-order valence-corrected chi connectivity index (χ3v) is 9.01. The summed E-state index contributed by atoms with van der Waals surface area (Å²) in [5, 5.41) is 4.44. The van der Waals surface area contributed by atoms with E-state index >= 15 is 0 Å². The van der Waals surface area contributed by atoms with Crippen molar-refractivity contribution in [2.75, 3.05) is 13.2 Å². The van der Waals surface area contributed by atoms with Crippen molar-refractivity contribution in [3.05, 3.63) is 97.3 Å². The highest BCUT2D eigenvalue weighted by Crippen LogP contribution is 2.46. The molecule has 48 heavy (non-hydrogen) atoms. The van der Waals surface area contributed by atoms with Gasteiger partial charge >= 0.3 is 17.8 Å². The summed E-state index contributed by atoms with van der Waals surface area (Å²) in [7, 11) is 0. The molecule has 0 saturated carbocycles. The van der Waals surface area contributed by atoms with Crippen LogP contribution < -0.4 is 5.76 Å². The standard InChI is InChI=1S/C35H37ClFN5O6/c1-5-46-32(43)28-26(21-17-20-14-15-38-30(36)23(20)18-21)27(31-40-33(44)48-41-31)24(13-10-19-8-11-22(37)12-9-19)39-29(28)25-7-6-16-42(25)34(45)47-35(2,3)4/h8-9,11-12,14-15,21,25H,5-7,10,13,16-18H2,1-4H3,(H,40,41,44)/t21?,25-/m0/s1. The van der Waals surface area contributed by atoms with Gasteiger partial charge in [0, 0.05) is 18.3 Å². The minimum absolute atomic E-state index is 0.0985. The molecule has 252 valence electrons. The van der Waals surface area contributed by atoms with Crippen molar-refractivity contribution in [1.29, 1.82) is 0 Å². The van der Waals surface area contributed by atoms with E-state index in [1.165, 1.54) is 12.1 Å². The number of halogens is 2. The van der Waals surface area contributed by atoms with Crippen LogP contribution >= 0.6 is 11.6 Å². The van der Waals surface area contributed by atoms with Crippen molar-refractivity contribution in [3.8, 4) is 11.4 Å². The molecule has 1 aromatic carbocycles. The van der Waals surface area contributed by atoms with Gasteiger partial charge in [0.25, 0.3) is 0 Å². The fourth-order valence-electron chi connectivity index (χ4n) is 6.73. The zero-order valence-corrected chi connectivity index (χ0v) is 28.0. The van der Waals surface area contributed by atoms with Crippen LogP contribution in [-0.4, -0.2) is 55.8 Å². The van der Waals surface area contributed by atoms with Gasteiger partial charge in [0.2, 0.25) is 0 Å². The molecule has 11 nitrogen and oxygen atoms in total. The van der Waals surface area contributed by atoms with Crippen LogP contribution in [0, 0.1) is 5.82 Å². The molecule has 1 amide bonds. The molecule has 1 fully saturated rings. The first kappa shape index (κ1) is 33.3.